The van der Waals surface area contributed by atoms with Gasteiger partial charge in [-0.2, -0.15) is 0 Å². The topological polar surface area (TPSA) is 99.5 Å². The molecule has 1 heterocycles. The molecule has 1 aliphatic carbocycles. The van der Waals surface area contributed by atoms with E-state index in [0.29, 0.717) is 34.2 Å². The minimum Gasteiger partial charge on any atom is -0.497 e. The fraction of sp³-hybridized carbons (Fsp3) is 0.357. The molecule has 1 aliphatic rings. The zero-order chi connectivity index (χ0) is 26.4. The summed E-state index contributed by atoms with van der Waals surface area (Å²) in [7, 11) is 6.06. The molecular weight excluding hydrogens is 476 g/mol. The molecule has 1 fully saturated rings. The van der Waals surface area contributed by atoms with Crippen LogP contribution in [0.3, 0.4) is 0 Å². The highest BCUT2D eigenvalue weighted by molar-refractivity contribution is 6.09. The first-order valence-electron chi connectivity index (χ1n) is 12.1. The van der Waals surface area contributed by atoms with Crippen LogP contribution >= 0.6 is 0 Å². The van der Waals surface area contributed by atoms with Gasteiger partial charge in [0, 0.05) is 29.8 Å². The van der Waals surface area contributed by atoms with Gasteiger partial charge in [0.15, 0.2) is 17.3 Å². The van der Waals surface area contributed by atoms with Gasteiger partial charge in [0.1, 0.15) is 17.5 Å². The molecule has 9 nitrogen and oxygen atoms in total. The summed E-state index contributed by atoms with van der Waals surface area (Å²) in [6.07, 6.45) is 5.26. The highest BCUT2D eigenvalue weighted by Gasteiger charge is 2.38. The molecule has 2 aromatic carbocycles. The second kappa shape index (κ2) is 11.7. The molecule has 0 saturated heterocycles. The molecule has 0 unspecified atom stereocenters. The molecule has 0 bridgehead atoms. The van der Waals surface area contributed by atoms with E-state index in [2.05, 4.69) is 5.32 Å². The summed E-state index contributed by atoms with van der Waals surface area (Å²) in [6.45, 7) is 0. The van der Waals surface area contributed by atoms with Crippen LogP contribution in [0.4, 0.5) is 5.69 Å². The summed E-state index contributed by atoms with van der Waals surface area (Å²) in [4.78, 5) is 29.5. The zero-order valence-electron chi connectivity index (χ0n) is 21.5. The van der Waals surface area contributed by atoms with Crippen LogP contribution in [0.25, 0.3) is 0 Å². The Labute approximate surface area is 216 Å². The fourth-order valence-corrected chi connectivity index (χ4v) is 4.71. The van der Waals surface area contributed by atoms with Gasteiger partial charge in [0.2, 0.25) is 5.91 Å². The average Bonchev–Trinajstić information content (AvgIpc) is 3.65. The number of amides is 2. The highest BCUT2D eigenvalue weighted by Crippen LogP contribution is 2.41. The van der Waals surface area contributed by atoms with Gasteiger partial charge >= 0.3 is 0 Å². The van der Waals surface area contributed by atoms with Gasteiger partial charge in [-0.3, -0.25) is 14.5 Å². The number of carbonyl (C=O) groups excluding carboxylic acids is 2. The Kier molecular flexibility index (Phi) is 8.22. The van der Waals surface area contributed by atoms with E-state index in [1.54, 1.807) is 48.5 Å². The Balaban J connectivity index is 1.94. The maximum atomic E-state index is 14.1. The van der Waals surface area contributed by atoms with Crippen molar-refractivity contribution in [2.75, 3.05) is 33.3 Å². The van der Waals surface area contributed by atoms with Crippen LogP contribution < -0.4 is 29.2 Å². The number of para-hydroxylation sites is 1. The molecule has 0 aliphatic heterocycles. The van der Waals surface area contributed by atoms with Crippen molar-refractivity contribution in [3.63, 3.8) is 0 Å². The molecule has 0 radical (unpaired) electrons. The molecule has 9 heteroatoms. The van der Waals surface area contributed by atoms with Crippen LogP contribution in [-0.2, 0) is 4.79 Å². The lowest BCUT2D eigenvalue weighted by molar-refractivity contribution is -0.123. The van der Waals surface area contributed by atoms with Crippen LogP contribution in [0, 0.1) is 0 Å². The Morgan fingerprint density at radius 1 is 0.919 bits per heavy atom. The number of carbonyl (C=O) groups is 2. The van der Waals surface area contributed by atoms with Gasteiger partial charge in [-0.05, 0) is 31.0 Å². The molecule has 1 N–H and O–H groups in total. The Morgan fingerprint density at radius 3 is 2.19 bits per heavy atom. The van der Waals surface area contributed by atoms with E-state index >= 15 is 0 Å². The number of ether oxygens (including phenoxy) is 4. The molecule has 1 saturated carbocycles. The first-order chi connectivity index (χ1) is 18.0. The van der Waals surface area contributed by atoms with E-state index in [1.807, 2.05) is 0 Å². The van der Waals surface area contributed by atoms with Crippen LogP contribution in [0.1, 0.15) is 47.8 Å². The van der Waals surface area contributed by atoms with E-state index in [9.17, 15) is 9.59 Å². The summed E-state index contributed by atoms with van der Waals surface area (Å²) in [5.41, 5.74) is 0.841. The van der Waals surface area contributed by atoms with E-state index < -0.39 is 11.9 Å². The van der Waals surface area contributed by atoms with E-state index in [-0.39, 0.29) is 17.7 Å². The van der Waals surface area contributed by atoms with Gasteiger partial charge in [0.05, 0.1) is 40.4 Å². The number of methoxy groups -OCH3 is 4. The predicted molar refractivity (Wildman–Crippen MR) is 138 cm³/mol. The van der Waals surface area contributed by atoms with E-state index in [1.165, 1.54) is 39.6 Å². The standard InChI is InChI=1S/C28H32N2O7/c1-33-20-15-19(16-21(17-20)34-2)30(28(32)24-13-8-14-37-24)25(27(31)29-18-9-5-6-10-18)22-11-7-12-23(35-3)26(22)36-4/h7-8,11-18,25H,5-6,9-10H2,1-4H3,(H,29,31)/t25-/m0/s1. The SMILES string of the molecule is COc1cc(OC)cc(N(C(=O)c2ccco2)[C@H](C(=O)NC2CCCC2)c2cccc(OC)c2OC)c1. The van der Waals surface area contributed by atoms with Crippen molar-refractivity contribution in [2.45, 2.75) is 37.8 Å². The van der Waals surface area contributed by atoms with Gasteiger partial charge in [0.25, 0.3) is 5.91 Å². The Morgan fingerprint density at radius 2 is 1.62 bits per heavy atom. The van der Waals surface area contributed by atoms with Crippen molar-refractivity contribution in [3.05, 3.63) is 66.1 Å². The predicted octanol–water partition coefficient (Wildman–Crippen LogP) is 4.76. The molecule has 2 amide bonds. The number of hydrogen-bond donors (Lipinski definition) is 1. The maximum Gasteiger partial charge on any atom is 0.294 e. The van der Waals surface area contributed by atoms with Crippen molar-refractivity contribution in [1.29, 1.82) is 0 Å². The lowest BCUT2D eigenvalue weighted by Crippen LogP contribution is -2.46. The molecular formula is C28H32N2O7. The number of benzene rings is 2. The lowest BCUT2D eigenvalue weighted by Gasteiger charge is -2.33. The summed E-state index contributed by atoms with van der Waals surface area (Å²) < 4.78 is 27.6. The maximum absolute atomic E-state index is 14.1. The monoisotopic (exact) mass is 508 g/mol. The van der Waals surface area contributed by atoms with Crippen LogP contribution in [0.2, 0.25) is 0 Å². The van der Waals surface area contributed by atoms with Crippen LogP contribution in [0.5, 0.6) is 23.0 Å². The van der Waals surface area contributed by atoms with Crippen LogP contribution in [0.15, 0.2) is 59.2 Å². The molecule has 1 atom stereocenters. The molecule has 196 valence electrons. The van der Waals surface area contributed by atoms with E-state index in [4.69, 9.17) is 23.4 Å². The number of nitrogens with one attached hydrogen (secondary N) is 1. The number of furan rings is 1. The van der Waals surface area contributed by atoms with Gasteiger partial charge in [-0.15, -0.1) is 0 Å². The van der Waals surface area contributed by atoms with Crippen molar-refractivity contribution in [3.8, 4) is 23.0 Å². The molecule has 1 aromatic heterocycles. The van der Waals surface area contributed by atoms with Crippen molar-refractivity contribution >= 4 is 17.5 Å². The smallest absolute Gasteiger partial charge is 0.294 e. The Hall–Kier alpha value is -4.14. The third kappa shape index (κ3) is 5.50. The number of nitrogens with zero attached hydrogens (tertiary/aromatic N) is 1. The van der Waals surface area contributed by atoms with Gasteiger partial charge in [-0.1, -0.05) is 25.0 Å². The lowest BCUT2D eigenvalue weighted by atomic mass is 10.00. The zero-order valence-corrected chi connectivity index (χ0v) is 21.5. The second-order valence-electron chi connectivity index (χ2n) is 8.70. The van der Waals surface area contributed by atoms with Crippen molar-refractivity contribution in [1.82, 2.24) is 5.32 Å². The number of anilines is 1. The molecule has 3 aromatic rings. The van der Waals surface area contributed by atoms with Crippen molar-refractivity contribution < 1.29 is 33.0 Å². The molecule has 37 heavy (non-hydrogen) atoms. The third-order valence-electron chi connectivity index (χ3n) is 6.50. The van der Waals surface area contributed by atoms with E-state index in [0.717, 1.165) is 25.7 Å². The van der Waals surface area contributed by atoms with Crippen LogP contribution in [-0.4, -0.2) is 46.3 Å². The van der Waals surface area contributed by atoms with Gasteiger partial charge in [-0.25, -0.2) is 0 Å². The second-order valence-corrected chi connectivity index (χ2v) is 8.70. The summed E-state index contributed by atoms with van der Waals surface area (Å²) in [6, 6.07) is 12.4. The minimum absolute atomic E-state index is 0.0204. The van der Waals surface area contributed by atoms with Crippen molar-refractivity contribution in [2.24, 2.45) is 0 Å². The quantitative estimate of drug-likeness (QED) is 0.421. The normalized spacial score (nSPS) is 14.1. The largest absolute Gasteiger partial charge is 0.497 e. The molecule has 4 rings (SSSR count). The first-order valence-corrected chi connectivity index (χ1v) is 12.1. The molecule has 0 spiro atoms. The summed E-state index contributed by atoms with van der Waals surface area (Å²) in [5.74, 6) is 0.911. The fourth-order valence-electron chi connectivity index (χ4n) is 4.71. The summed E-state index contributed by atoms with van der Waals surface area (Å²) >= 11 is 0. The summed E-state index contributed by atoms with van der Waals surface area (Å²) in [5, 5.41) is 3.15. The van der Waals surface area contributed by atoms with Gasteiger partial charge < -0.3 is 28.7 Å². The Bertz CT molecular complexity index is 1200. The number of hydrogen-bond acceptors (Lipinski definition) is 7. The number of rotatable bonds is 10. The minimum atomic E-state index is -1.12. The first kappa shape index (κ1) is 25.9. The third-order valence-corrected chi connectivity index (χ3v) is 6.50. The average molecular weight is 509 g/mol. The highest BCUT2D eigenvalue weighted by atomic mass is 16.5.